The lowest BCUT2D eigenvalue weighted by Crippen LogP contribution is -2.12. The molecule has 1 atom stereocenters. The van der Waals surface area contributed by atoms with Crippen molar-refractivity contribution in [3.05, 3.63) is 53.1 Å². The number of hydrogen-bond donors (Lipinski definition) is 1. The Labute approximate surface area is 139 Å². The van der Waals surface area contributed by atoms with Gasteiger partial charge < -0.3 is 10.5 Å². The monoisotopic (exact) mass is 327 g/mol. The van der Waals surface area contributed by atoms with Gasteiger partial charge in [0.1, 0.15) is 0 Å². The minimum atomic E-state index is -0.399. The molecule has 2 N–H and O–H groups in total. The molecular formula is C18H17NO3S. The molecule has 23 heavy (non-hydrogen) atoms. The highest BCUT2D eigenvalue weighted by molar-refractivity contribution is 7.99. The van der Waals surface area contributed by atoms with E-state index in [0.717, 1.165) is 20.9 Å². The second-order valence-corrected chi connectivity index (χ2v) is 6.65. The van der Waals surface area contributed by atoms with Crippen LogP contribution in [0.25, 0.3) is 0 Å². The van der Waals surface area contributed by atoms with Crippen molar-refractivity contribution in [2.45, 2.75) is 29.1 Å². The third-order valence-corrected chi connectivity index (χ3v) is 5.21. The largest absolute Gasteiger partial charge is 0.469 e. The van der Waals surface area contributed by atoms with E-state index in [1.807, 2.05) is 36.4 Å². The Morgan fingerprint density at radius 3 is 2.70 bits per heavy atom. The first kappa shape index (κ1) is 15.6. The van der Waals surface area contributed by atoms with Crippen LogP contribution in [0.1, 0.15) is 34.3 Å². The predicted octanol–water partition coefficient (Wildman–Crippen LogP) is 3.44. The number of hydrogen-bond acceptors (Lipinski definition) is 5. The van der Waals surface area contributed by atoms with Gasteiger partial charge in [-0.2, -0.15) is 0 Å². The van der Waals surface area contributed by atoms with E-state index in [0.29, 0.717) is 17.7 Å². The van der Waals surface area contributed by atoms with Gasteiger partial charge in [0, 0.05) is 27.5 Å². The molecule has 1 aliphatic heterocycles. The Hall–Kier alpha value is -2.27. The Morgan fingerprint density at radius 1 is 1.22 bits per heavy atom. The van der Waals surface area contributed by atoms with Crippen molar-refractivity contribution in [2.24, 2.45) is 0 Å². The van der Waals surface area contributed by atoms with Gasteiger partial charge in [0.2, 0.25) is 0 Å². The number of anilines is 1. The third-order valence-electron chi connectivity index (χ3n) is 4.01. The molecule has 118 valence electrons. The van der Waals surface area contributed by atoms with Crippen LogP contribution in [0.5, 0.6) is 0 Å². The number of ketones is 1. The molecule has 3 rings (SSSR count). The first-order valence-corrected chi connectivity index (χ1v) is 8.12. The fourth-order valence-electron chi connectivity index (χ4n) is 2.66. The molecule has 0 saturated heterocycles. The molecular weight excluding hydrogens is 310 g/mol. The molecule has 5 heteroatoms. The van der Waals surface area contributed by atoms with Crippen molar-refractivity contribution in [3.63, 3.8) is 0 Å². The SMILES string of the molecule is COC(=O)C(C)c1ccc2c(c1)C(=O)Cc1cc(N)ccc1S2. The average Bonchev–Trinajstić information content (AvgIpc) is 2.68. The van der Waals surface area contributed by atoms with Gasteiger partial charge in [-0.15, -0.1) is 0 Å². The molecule has 1 heterocycles. The summed E-state index contributed by atoms with van der Waals surface area (Å²) in [6.07, 6.45) is 0.316. The first-order valence-electron chi connectivity index (χ1n) is 7.31. The summed E-state index contributed by atoms with van der Waals surface area (Å²) in [5.74, 6) is -0.671. The van der Waals surface area contributed by atoms with Crippen LogP contribution in [0.4, 0.5) is 5.69 Å². The second kappa shape index (κ2) is 6.08. The van der Waals surface area contributed by atoms with Crippen molar-refractivity contribution in [2.75, 3.05) is 12.8 Å². The average molecular weight is 327 g/mol. The number of benzene rings is 2. The minimum absolute atomic E-state index is 0.0377. The molecule has 4 nitrogen and oxygen atoms in total. The number of nitrogens with two attached hydrogens (primary N) is 1. The van der Waals surface area contributed by atoms with Crippen LogP contribution in [-0.2, 0) is 16.0 Å². The maximum atomic E-state index is 12.6. The van der Waals surface area contributed by atoms with E-state index in [2.05, 4.69) is 0 Å². The van der Waals surface area contributed by atoms with Gasteiger partial charge in [0.15, 0.2) is 5.78 Å². The van der Waals surface area contributed by atoms with Crippen LogP contribution in [0, 0.1) is 0 Å². The molecule has 0 spiro atoms. The van der Waals surface area contributed by atoms with Crippen molar-refractivity contribution >= 4 is 29.2 Å². The molecule has 0 aromatic heterocycles. The number of fused-ring (bicyclic) bond motifs is 2. The van der Waals surface area contributed by atoms with Gasteiger partial charge in [-0.3, -0.25) is 9.59 Å². The summed E-state index contributed by atoms with van der Waals surface area (Å²) in [5.41, 5.74) is 8.86. The van der Waals surface area contributed by atoms with Crippen LogP contribution in [0.15, 0.2) is 46.2 Å². The number of ether oxygens (including phenoxy) is 1. The van der Waals surface area contributed by atoms with Crippen molar-refractivity contribution < 1.29 is 14.3 Å². The predicted molar refractivity (Wildman–Crippen MR) is 89.9 cm³/mol. The first-order chi connectivity index (χ1) is 11.0. The van der Waals surface area contributed by atoms with Gasteiger partial charge in [-0.05, 0) is 48.4 Å². The van der Waals surface area contributed by atoms with E-state index >= 15 is 0 Å². The third kappa shape index (κ3) is 2.97. The van der Waals surface area contributed by atoms with Crippen LogP contribution in [0.2, 0.25) is 0 Å². The molecule has 2 aromatic carbocycles. The minimum Gasteiger partial charge on any atom is -0.469 e. The molecule has 0 radical (unpaired) electrons. The van der Waals surface area contributed by atoms with E-state index in [9.17, 15) is 9.59 Å². The molecule has 0 saturated carbocycles. The Morgan fingerprint density at radius 2 is 1.96 bits per heavy atom. The molecule has 0 fully saturated rings. The highest BCUT2D eigenvalue weighted by Gasteiger charge is 2.23. The molecule has 0 aliphatic carbocycles. The van der Waals surface area contributed by atoms with E-state index in [1.165, 1.54) is 7.11 Å². The topological polar surface area (TPSA) is 69.4 Å². The molecule has 1 aliphatic rings. The summed E-state index contributed by atoms with van der Waals surface area (Å²) in [4.78, 5) is 26.3. The normalized spacial score (nSPS) is 14.4. The number of nitrogen functional groups attached to an aromatic ring is 1. The number of rotatable bonds is 2. The highest BCUT2D eigenvalue weighted by atomic mass is 32.2. The standard InChI is InChI=1S/C18H17NO3S/c1-10(18(21)22-2)11-3-5-17-14(8-11)15(20)9-12-7-13(19)4-6-16(12)23-17/h3-8,10H,9,19H2,1-2H3. The lowest BCUT2D eigenvalue weighted by atomic mass is 9.96. The van der Waals surface area contributed by atoms with Gasteiger partial charge in [0.05, 0.1) is 13.0 Å². The molecule has 2 aromatic rings. The van der Waals surface area contributed by atoms with Crippen molar-refractivity contribution in [3.8, 4) is 0 Å². The van der Waals surface area contributed by atoms with Crippen LogP contribution >= 0.6 is 11.8 Å². The second-order valence-electron chi connectivity index (χ2n) is 5.57. The summed E-state index contributed by atoms with van der Waals surface area (Å²) < 4.78 is 4.78. The van der Waals surface area contributed by atoms with Gasteiger partial charge in [0.25, 0.3) is 0 Å². The van der Waals surface area contributed by atoms with Gasteiger partial charge in [-0.25, -0.2) is 0 Å². The van der Waals surface area contributed by atoms with E-state index < -0.39 is 5.92 Å². The number of Topliss-reactive ketones (excluding diaryl/α,β-unsaturated/α-hetero) is 1. The Kier molecular flexibility index (Phi) is 4.13. The zero-order valence-corrected chi connectivity index (χ0v) is 13.8. The lowest BCUT2D eigenvalue weighted by Gasteiger charge is -2.12. The zero-order valence-electron chi connectivity index (χ0n) is 13.0. The summed E-state index contributed by atoms with van der Waals surface area (Å²) in [6.45, 7) is 1.78. The summed E-state index contributed by atoms with van der Waals surface area (Å²) in [5, 5.41) is 0. The van der Waals surface area contributed by atoms with Gasteiger partial charge in [-0.1, -0.05) is 17.8 Å². The quantitative estimate of drug-likeness (QED) is 0.676. The number of methoxy groups -OCH3 is 1. The summed E-state index contributed by atoms with van der Waals surface area (Å²) >= 11 is 1.56. The number of carbonyl (C=O) groups is 2. The number of esters is 1. The Balaban J connectivity index is 2.02. The smallest absolute Gasteiger partial charge is 0.312 e. The Bertz CT molecular complexity index is 801. The molecule has 0 amide bonds. The fraction of sp³-hybridized carbons (Fsp3) is 0.222. The maximum Gasteiger partial charge on any atom is 0.312 e. The fourth-order valence-corrected chi connectivity index (χ4v) is 3.71. The highest BCUT2D eigenvalue weighted by Crippen LogP contribution is 2.38. The maximum absolute atomic E-state index is 12.6. The van der Waals surface area contributed by atoms with Crippen LogP contribution < -0.4 is 5.73 Å². The van der Waals surface area contributed by atoms with Crippen LogP contribution in [0.3, 0.4) is 0 Å². The van der Waals surface area contributed by atoms with Crippen molar-refractivity contribution in [1.29, 1.82) is 0 Å². The lowest BCUT2D eigenvalue weighted by molar-refractivity contribution is -0.141. The van der Waals surface area contributed by atoms with Crippen LogP contribution in [-0.4, -0.2) is 18.9 Å². The molecule has 0 bridgehead atoms. The van der Waals surface area contributed by atoms with E-state index in [1.54, 1.807) is 18.7 Å². The van der Waals surface area contributed by atoms with Gasteiger partial charge >= 0.3 is 5.97 Å². The summed E-state index contributed by atoms with van der Waals surface area (Å²) in [7, 11) is 1.37. The summed E-state index contributed by atoms with van der Waals surface area (Å²) in [6, 6.07) is 11.2. The van der Waals surface area contributed by atoms with E-state index in [-0.39, 0.29) is 11.8 Å². The molecule has 1 unspecified atom stereocenters. The van der Waals surface area contributed by atoms with E-state index in [4.69, 9.17) is 10.5 Å². The van der Waals surface area contributed by atoms with Crippen molar-refractivity contribution in [1.82, 2.24) is 0 Å². The zero-order chi connectivity index (χ0) is 16.6. The number of carbonyl (C=O) groups excluding carboxylic acids is 2.